The molecule has 0 radical (unpaired) electrons. The summed E-state index contributed by atoms with van der Waals surface area (Å²) in [7, 11) is 0. The van der Waals surface area contributed by atoms with Crippen LogP contribution in [-0.4, -0.2) is 16.0 Å². The van der Waals surface area contributed by atoms with Crippen molar-refractivity contribution in [2.45, 2.75) is 40.0 Å². The second-order valence-electron chi connectivity index (χ2n) is 7.13. The van der Waals surface area contributed by atoms with Crippen molar-refractivity contribution in [2.24, 2.45) is 5.41 Å². The summed E-state index contributed by atoms with van der Waals surface area (Å²) in [4.78, 5) is 12.2. The summed E-state index contributed by atoms with van der Waals surface area (Å²) in [5, 5.41) is 20.7. The normalized spacial score (nSPS) is 18.9. The van der Waals surface area contributed by atoms with E-state index in [2.05, 4.69) is 6.08 Å². The van der Waals surface area contributed by atoms with E-state index in [1.54, 1.807) is 12.2 Å². The molecule has 1 aromatic rings. The third kappa shape index (κ3) is 2.31. The molecule has 0 spiro atoms. The standard InChI is InChI=1S/C20H22O3/c1-11(2)14-9-12-5-7-16-13(6-8-17(21)20(16,3)4)10-15(12)19(23)18(14)22/h6-11,22-23H,5H2,1-4H3. The van der Waals surface area contributed by atoms with E-state index in [0.29, 0.717) is 12.0 Å². The summed E-state index contributed by atoms with van der Waals surface area (Å²) in [5.41, 5.74) is 3.68. The van der Waals surface area contributed by atoms with Gasteiger partial charge in [-0.3, -0.25) is 4.79 Å². The van der Waals surface area contributed by atoms with Crippen LogP contribution in [0.2, 0.25) is 0 Å². The Morgan fingerprint density at radius 2 is 1.83 bits per heavy atom. The average Bonchev–Trinajstić information content (AvgIpc) is 2.67. The summed E-state index contributed by atoms with van der Waals surface area (Å²) in [6, 6.07) is 1.96. The van der Waals surface area contributed by atoms with Gasteiger partial charge in [0.05, 0.1) is 5.41 Å². The Labute approximate surface area is 136 Å². The highest BCUT2D eigenvalue weighted by molar-refractivity contribution is 6.01. The minimum atomic E-state index is -0.568. The van der Waals surface area contributed by atoms with Gasteiger partial charge in [0.1, 0.15) is 0 Å². The first-order valence-electron chi connectivity index (χ1n) is 7.96. The van der Waals surface area contributed by atoms with Gasteiger partial charge in [-0.25, -0.2) is 0 Å². The maximum absolute atomic E-state index is 12.2. The zero-order valence-electron chi connectivity index (χ0n) is 14.0. The molecule has 0 heterocycles. The van der Waals surface area contributed by atoms with Gasteiger partial charge in [-0.15, -0.1) is 0 Å². The quantitative estimate of drug-likeness (QED) is 0.762. The van der Waals surface area contributed by atoms with Gasteiger partial charge in [0.25, 0.3) is 0 Å². The summed E-state index contributed by atoms with van der Waals surface area (Å²) in [5.74, 6) is 0.0855. The third-order valence-corrected chi connectivity index (χ3v) is 4.89. The number of hydrogen-bond acceptors (Lipinski definition) is 3. The first kappa shape index (κ1) is 15.6. The lowest BCUT2D eigenvalue weighted by Crippen LogP contribution is -2.28. The molecule has 0 unspecified atom stereocenters. The Morgan fingerprint density at radius 3 is 2.48 bits per heavy atom. The van der Waals surface area contributed by atoms with Crippen LogP contribution < -0.4 is 0 Å². The van der Waals surface area contributed by atoms with Crippen molar-refractivity contribution in [2.75, 3.05) is 0 Å². The molecule has 0 fully saturated rings. The second kappa shape index (κ2) is 5.12. The number of ketones is 1. The van der Waals surface area contributed by atoms with E-state index in [4.69, 9.17) is 0 Å². The lowest BCUT2D eigenvalue weighted by molar-refractivity contribution is -0.120. The number of carbonyl (C=O) groups is 1. The monoisotopic (exact) mass is 310 g/mol. The molecular weight excluding hydrogens is 288 g/mol. The van der Waals surface area contributed by atoms with Crippen LogP contribution >= 0.6 is 0 Å². The van der Waals surface area contributed by atoms with Gasteiger partial charge in [0, 0.05) is 11.1 Å². The Balaban J connectivity index is 2.24. The average molecular weight is 310 g/mol. The van der Waals surface area contributed by atoms with Gasteiger partial charge in [0.2, 0.25) is 0 Å². The van der Waals surface area contributed by atoms with Crippen molar-refractivity contribution in [3.05, 3.63) is 52.1 Å². The van der Waals surface area contributed by atoms with Gasteiger partial charge in [-0.05, 0) is 55.0 Å². The molecule has 1 aromatic carbocycles. The van der Waals surface area contributed by atoms with Crippen molar-refractivity contribution in [3.8, 4) is 11.5 Å². The largest absolute Gasteiger partial charge is 0.504 e. The number of benzene rings is 1. The molecule has 0 aromatic heterocycles. The molecule has 3 nitrogen and oxygen atoms in total. The van der Waals surface area contributed by atoms with Crippen LogP contribution in [0.5, 0.6) is 11.5 Å². The highest BCUT2D eigenvalue weighted by Gasteiger charge is 2.35. The zero-order chi connectivity index (χ0) is 16.9. The summed E-state index contributed by atoms with van der Waals surface area (Å²) < 4.78 is 0. The number of allylic oxidation sites excluding steroid dienone is 5. The van der Waals surface area contributed by atoms with E-state index >= 15 is 0 Å². The zero-order valence-corrected chi connectivity index (χ0v) is 14.0. The van der Waals surface area contributed by atoms with E-state index in [0.717, 1.165) is 22.3 Å². The fourth-order valence-corrected chi connectivity index (χ4v) is 3.34. The molecule has 0 saturated carbocycles. The Hall–Kier alpha value is -2.29. The minimum absolute atomic E-state index is 0.0471. The van der Waals surface area contributed by atoms with Crippen molar-refractivity contribution < 1.29 is 15.0 Å². The predicted octanol–water partition coefficient (Wildman–Crippen LogP) is 4.25. The molecule has 0 atom stereocenters. The number of phenolic OH excluding ortho intramolecular Hbond substituents is 2. The molecule has 0 amide bonds. The fourth-order valence-electron chi connectivity index (χ4n) is 3.34. The van der Waals surface area contributed by atoms with E-state index in [9.17, 15) is 15.0 Å². The molecule has 3 rings (SSSR count). The fraction of sp³-hybridized carbons (Fsp3) is 0.350. The SMILES string of the molecule is CC(C)c1cc2c(c(O)c1O)C=C1C=CC(=O)C(C)(C)C1=CC2. The van der Waals surface area contributed by atoms with Crippen molar-refractivity contribution in [3.63, 3.8) is 0 Å². The van der Waals surface area contributed by atoms with Crippen LogP contribution in [0.4, 0.5) is 0 Å². The lowest BCUT2D eigenvalue weighted by atomic mass is 9.73. The summed E-state index contributed by atoms with van der Waals surface area (Å²) in [6.07, 6.45) is 7.95. The third-order valence-electron chi connectivity index (χ3n) is 4.89. The second-order valence-corrected chi connectivity index (χ2v) is 7.13. The van der Waals surface area contributed by atoms with E-state index < -0.39 is 5.41 Å². The summed E-state index contributed by atoms with van der Waals surface area (Å²) >= 11 is 0. The Bertz CT molecular complexity index is 790. The molecule has 23 heavy (non-hydrogen) atoms. The molecule has 0 saturated heterocycles. The van der Waals surface area contributed by atoms with Crippen LogP contribution in [-0.2, 0) is 11.2 Å². The topological polar surface area (TPSA) is 57.5 Å². The van der Waals surface area contributed by atoms with E-state index in [-0.39, 0.29) is 23.2 Å². The Kier molecular flexibility index (Phi) is 3.47. The molecule has 2 aliphatic carbocycles. The number of hydrogen-bond donors (Lipinski definition) is 2. The smallest absolute Gasteiger partial charge is 0.165 e. The van der Waals surface area contributed by atoms with Gasteiger partial charge in [0.15, 0.2) is 17.3 Å². The number of fused-ring (bicyclic) bond motifs is 2. The maximum atomic E-state index is 12.2. The Morgan fingerprint density at radius 1 is 1.13 bits per heavy atom. The number of phenols is 2. The maximum Gasteiger partial charge on any atom is 0.165 e. The molecule has 0 bridgehead atoms. The van der Waals surface area contributed by atoms with Crippen LogP contribution in [0.25, 0.3) is 6.08 Å². The van der Waals surface area contributed by atoms with Crippen LogP contribution in [0.15, 0.2) is 35.4 Å². The van der Waals surface area contributed by atoms with E-state index in [1.165, 1.54) is 0 Å². The van der Waals surface area contributed by atoms with Crippen molar-refractivity contribution >= 4 is 11.9 Å². The number of aromatic hydroxyl groups is 2. The van der Waals surface area contributed by atoms with Gasteiger partial charge >= 0.3 is 0 Å². The van der Waals surface area contributed by atoms with Crippen LogP contribution in [0.3, 0.4) is 0 Å². The molecule has 3 heteroatoms. The molecule has 2 aliphatic rings. The lowest BCUT2D eigenvalue weighted by Gasteiger charge is -2.29. The first-order chi connectivity index (χ1) is 10.7. The van der Waals surface area contributed by atoms with Crippen LogP contribution in [0.1, 0.15) is 50.3 Å². The van der Waals surface area contributed by atoms with Gasteiger partial charge in [-0.1, -0.05) is 32.1 Å². The van der Waals surface area contributed by atoms with Gasteiger partial charge < -0.3 is 10.2 Å². The molecule has 120 valence electrons. The first-order valence-corrected chi connectivity index (χ1v) is 7.96. The minimum Gasteiger partial charge on any atom is -0.504 e. The molecule has 2 N–H and O–H groups in total. The van der Waals surface area contributed by atoms with Crippen LogP contribution in [0, 0.1) is 5.41 Å². The van der Waals surface area contributed by atoms with E-state index in [1.807, 2.05) is 39.8 Å². The molecular formula is C20H22O3. The van der Waals surface area contributed by atoms with Crippen molar-refractivity contribution in [1.29, 1.82) is 0 Å². The number of rotatable bonds is 1. The predicted molar refractivity (Wildman–Crippen MR) is 91.6 cm³/mol. The highest BCUT2D eigenvalue weighted by atomic mass is 16.3. The highest BCUT2D eigenvalue weighted by Crippen LogP contribution is 2.45. The molecule has 0 aliphatic heterocycles. The number of carbonyl (C=O) groups excluding carboxylic acids is 1. The van der Waals surface area contributed by atoms with Gasteiger partial charge in [-0.2, -0.15) is 0 Å². The summed E-state index contributed by atoms with van der Waals surface area (Å²) in [6.45, 7) is 7.81. The van der Waals surface area contributed by atoms with Crippen molar-refractivity contribution in [1.82, 2.24) is 0 Å².